The Kier molecular flexibility index (Phi) is 3.44. The molecular formula is C11H18N4O2. The Morgan fingerprint density at radius 2 is 2.41 bits per heavy atom. The fraction of sp³-hybridized carbons (Fsp3) is 0.636. The van der Waals surface area contributed by atoms with E-state index in [2.05, 4.69) is 10.1 Å². The molecular weight excluding hydrogens is 220 g/mol. The quantitative estimate of drug-likeness (QED) is 0.765. The first-order valence-electron chi connectivity index (χ1n) is 5.74. The summed E-state index contributed by atoms with van der Waals surface area (Å²) >= 11 is 0. The van der Waals surface area contributed by atoms with E-state index in [0.717, 1.165) is 13.1 Å². The molecule has 0 aliphatic carbocycles. The van der Waals surface area contributed by atoms with Crippen molar-refractivity contribution in [1.82, 2.24) is 15.0 Å². The fourth-order valence-electron chi connectivity index (χ4n) is 2.14. The smallest absolute Gasteiger partial charge is 0.259 e. The van der Waals surface area contributed by atoms with E-state index in [0.29, 0.717) is 24.4 Å². The molecule has 2 rings (SSSR count). The van der Waals surface area contributed by atoms with Crippen molar-refractivity contribution < 1.29 is 9.32 Å². The van der Waals surface area contributed by atoms with Gasteiger partial charge in [0.2, 0.25) is 0 Å². The van der Waals surface area contributed by atoms with Gasteiger partial charge in [-0.3, -0.25) is 4.79 Å². The summed E-state index contributed by atoms with van der Waals surface area (Å²) in [5.74, 6) is 0.525. The molecule has 1 aliphatic rings. The molecule has 6 heteroatoms. The minimum Gasteiger partial charge on any atom is -0.361 e. The molecule has 94 valence electrons. The second-order valence-corrected chi connectivity index (χ2v) is 4.45. The van der Waals surface area contributed by atoms with Crippen molar-refractivity contribution in [2.75, 3.05) is 33.2 Å². The molecule has 2 N–H and O–H groups in total. The van der Waals surface area contributed by atoms with Crippen molar-refractivity contribution in [3.63, 3.8) is 0 Å². The van der Waals surface area contributed by atoms with Gasteiger partial charge in [0.05, 0.1) is 12.2 Å². The number of hydrogen-bond donors (Lipinski definition) is 1. The standard InChI is InChI=1S/C11H18N4O2/c1-8-10(6-13-17-8)11(16)15-4-3-14(2)7-9(15)5-12/h6,9H,3-5,7,12H2,1-2H3. The molecule has 17 heavy (non-hydrogen) atoms. The van der Waals surface area contributed by atoms with Crippen LogP contribution < -0.4 is 5.73 Å². The highest BCUT2D eigenvalue weighted by Crippen LogP contribution is 2.15. The fourth-order valence-corrected chi connectivity index (χ4v) is 2.14. The van der Waals surface area contributed by atoms with Gasteiger partial charge in [0, 0.05) is 26.2 Å². The number of nitrogens with two attached hydrogens (primary N) is 1. The average Bonchev–Trinajstić information content (AvgIpc) is 2.74. The first-order valence-corrected chi connectivity index (χ1v) is 5.74. The number of aryl methyl sites for hydroxylation is 1. The van der Waals surface area contributed by atoms with E-state index in [1.165, 1.54) is 6.20 Å². The average molecular weight is 238 g/mol. The summed E-state index contributed by atoms with van der Waals surface area (Å²) < 4.78 is 4.93. The molecule has 0 saturated carbocycles. The van der Waals surface area contributed by atoms with Gasteiger partial charge in [-0.05, 0) is 14.0 Å². The predicted molar refractivity (Wildman–Crippen MR) is 62.6 cm³/mol. The summed E-state index contributed by atoms with van der Waals surface area (Å²) in [6, 6.07) is 0.0653. The van der Waals surface area contributed by atoms with Crippen LogP contribution in [-0.2, 0) is 0 Å². The third kappa shape index (κ3) is 2.32. The SMILES string of the molecule is Cc1oncc1C(=O)N1CCN(C)CC1CN. The molecule has 1 saturated heterocycles. The molecule has 1 amide bonds. The first kappa shape index (κ1) is 12.1. The number of carbonyl (C=O) groups excluding carboxylic acids is 1. The van der Waals surface area contributed by atoms with E-state index in [4.69, 9.17) is 10.3 Å². The van der Waals surface area contributed by atoms with E-state index in [1.807, 2.05) is 11.9 Å². The Balaban J connectivity index is 2.16. The second kappa shape index (κ2) is 4.85. The molecule has 0 spiro atoms. The Hall–Kier alpha value is -1.40. The molecule has 0 bridgehead atoms. The molecule has 6 nitrogen and oxygen atoms in total. The topological polar surface area (TPSA) is 75.6 Å². The molecule has 1 atom stereocenters. The Morgan fingerprint density at radius 3 is 3.00 bits per heavy atom. The van der Waals surface area contributed by atoms with Crippen LogP contribution >= 0.6 is 0 Å². The van der Waals surface area contributed by atoms with Crippen LogP contribution in [0.4, 0.5) is 0 Å². The van der Waals surface area contributed by atoms with Crippen LogP contribution in [0.25, 0.3) is 0 Å². The highest BCUT2D eigenvalue weighted by molar-refractivity contribution is 5.95. The maximum absolute atomic E-state index is 12.3. The van der Waals surface area contributed by atoms with E-state index in [1.54, 1.807) is 6.92 Å². The van der Waals surface area contributed by atoms with E-state index in [-0.39, 0.29) is 11.9 Å². The largest absolute Gasteiger partial charge is 0.361 e. The number of hydrogen-bond acceptors (Lipinski definition) is 5. The van der Waals surface area contributed by atoms with Crippen molar-refractivity contribution in [2.45, 2.75) is 13.0 Å². The number of likely N-dealkylation sites (N-methyl/N-ethyl adjacent to an activating group) is 1. The summed E-state index contributed by atoms with van der Waals surface area (Å²) in [6.45, 7) is 4.59. The lowest BCUT2D eigenvalue weighted by molar-refractivity contribution is 0.0514. The normalized spacial score (nSPS) is 21.8. The third-order valence-corrected chi connectivity index (χ3v) is 3.20. The van der Waals surface area contributed by atoms with Crippen molar-refractivity contribution in [1.29, 1.82) is 0 Å². The van der Waals surface area contributed by atoms with Crippen LogP contribution in [0.1, 0.15) is 16.1 Å². The van der Waals surface area contributed by atoms with Crippen molar-refractivity contribution >= 4 is 5.91 Å². The van der Waals surface area contributed by atoms with Crippen LogP contribution in [0, 0.1) is 6.92 Å². The van der Waals surface area contributed by atoms with Gasteiger partial charge in [-0.25, -0.2) is 0 Å². The predicted octanol–water partition coefficient (Wildman–Crippen LogP) is -0.302. The van der Waals surface area contributed by atoms with Crippen LogP contribution in [0.15, 0.2) is 10.7 Å². The number of carbonyl (C=O) groups is 1. The summed E-state index contributed by atoms with van der Waals surface area (Å²) in [7, 11) is 2.04. The second-order valence-electron chi connectivity index (χ2n) is 4.45. The van der Waals surface area contributed by atoms with E-state index < -0.39 is 0 Å². The van der Waals surface area contributed by atoms with E-state index >= 15 is 0 Å². The van der Waals surface area contributed by atoms with Gasteiger partial charge in [-0.15, -0.1) is 0 Å². The van der Waals surface area contributed by atoms with Gasteiger partial charge in [-0.1, -0.05) is 5.16 Å². The van der Waals surface area contributed by atoms with Gasteiger partial charge < -0.3 is 20.1 Å². The summed E-state index contributed by atoms with van der Waals surface area (Å²) in [5.41, 5.74) is 6.26. The summed E-state index contributed by atoms with van der Waals surface area (Å²) in [5, 5.41) is 3.64. The molecule has 1 unspecified atom stereocenters. The maximum Gasteiger partial charge on any atom is 0.259 e. The van der Waals surface area contributed by atoms with Crippen LogP contribution in [0.2, 0.25) is 0 Å². The number of aromatic nitrogens is 1. The van der Waals surface area contributed by atoms with Gasteiger partial charge in [-0.2, -0.15) is 0 Å². The molecule has 1 aliphatic heterocycles. The number of piperazine rings is 1. The summed E-state index contributed by atoms with van der Waals surface area (Å²) in [4.78, 5) is 16.3. The molecule has 1 aromatic rings. The monoisotopic (exact) mass is 238 g/mol. The minimum absolute atomic E-state index is 0.0349. The Morgan fingerprint density at radius 1 is 1.65 bits per heavy atom. The zero-order chi connectivity index (χ0) is 12.4. The Labute approximate surface area is 100 Å². The molecule has 1 fully saturated rings. The highest BCUT2D eigenvalue weighted by Gasteiger charge is 2.30. The summed E-state index contributed by atoms with van der Waals surface area (Å²) in [6.07, 6.45) is 1.48. The van der Waals surface area contributed by atoms with Crippen LogP contribution in [0.3, 0.4) is 0 Å². The zero-order valence-corrected chi connectivity index (χ0v) is 10.2. The van der Waals surface area contributed by atoms with Gasteiger partial charge in [0.25, 0.3) is 5.91 Å². The van der Waals surface area contributed by atoms with Crippen molar-refractivity contribution in [2.24, 2.45) is 5.73 Å². The molecule has 0 aromatic carbocycles. The van der Waals surface area contributed by atoms with Gasteiger partial charge in [0.1, 0.15) is 11.3 Å². The lowest BCUT2D eigenvalue weighted by Gasteiger charge is -2.39. The Bertz CT molecular complexity index is 404. The van der Waals surface area contributed by atoms with Gasteiger partial charge >= 0.3 is 0 Å². The number of nitrogens with zero attached hydrogens (tertiary/aromatic N) is 3. The number of rotatable bonds is 2. The van der Waals surface area contributed by atoms with Gasteiger partial charge in [0.15, 0.2) is 0 Å². The van der Waals surface area contributed by atoms with Crippen LogP contribution in [0.5, 0.6) is 0 Å². The van der Waals surface area contributed by atoms with E-state index in [9.17, 15) is 4.79 Å². The van der Waals surface area contributed by atoms with Crippen molar-refractivity contribution in [3.8, 4) is 0 Å². The van der Waals surface area contributed by atoms with Crippen LogP contribution in [-0.4, -0.2) is 60.1 Å². The first-order chi connectivity index (χ1) is 8.13. The highest BCUT2D eigenvalue weighted by atomic mass is 16.5. The number of amides is 1. The van der Waals surface area contributed by atoms with Crippen molar-refractivity contribution in [3.05, 3.63) is 17.5 Å². The lowest BCUT2D eigenvalue weighted by Crippen LogP contribution is -2.56. The molecule has 1 aromatic heterocycles. The molecule has 2 heterocycles. The molecule has 0 radical (unpaired) electrons. The minimum atomic E-state index is -0.0349. The maximum atomic E-state index is 12.3. The lowest BCUT2D eigenvalue weighted by atomic mass is 10.1. The third-order valence-electron chi connectivity index (χ3n) is 3.20. The zero-order valence-electron chi connectivity index (χ0n) is 10.2.